The molecule has 2 N–H and O–H groups in total. The second-order valence-electron chi connectivity index (χ2n) is 8.53. The van der Waals surface area contributed by atoms with Crippen molar-refractivity contribution in [1.82, 2.24) is 4.90 Å². The first kappa shape index (κ1) is 25.1. The van der Waals surface area contributed by atoms with Gasteiger partial charge in [-0.15, -0.1) is 11.3 Å². The summed E-state index contributed by atoms with van der Waals surface area (Å²) in [5, 5.41) is 19.5. The lowest BCUT2D eigenvalue weighted by Gasteiger charge is -2.22. The topological polar surface area (TPSA) is 77.8 Å². The summed E-state index contributed by atoms with van der Waals surface area (Å²) in [6.07, 6.45) is 4.17. The number of alkyl halides is 2. The number of hydrogen-bond donors (Lipinski definition) is 2. The summed E-state index contributed by atoms with van der Waals surface area (Å²) in [7, 11) is 0. The smallest absolute Gasteiger partial charge is 0.345 e. The Hall–Kier alpha value is -2.58. The van der Waals surface area contributed by atoms with Crippen LogP contribution in [0, 0.1) is 5.92 Å². The lowest BCUT2D eigenvalue weighted by molar-refractivity contribution is -0.148. The summed E-state index contributed by atoms with van der Waals surface area (Å²) in [6, 6.07) is 12.4. The van der Waals surface area contributed by atoms with Gasteiger partial charge in [0.15, 0.2) is 0 Å². The average Bonchev–Trinajstić information content (AvgIpc) is 3.35. The summed E-state index contributed by atoms with van der Waals surface area (Å²) in [4.78, 5) is 25.4. The summed E-state index contributed by atoms with van der Waals surface area (Å²) in [5.41, 5.74) is 1.17. The Bertz CT molecular complexity index is 976. The van der Waals surface area contributed by atoms with Crippen molar-refractivity contribution in [3.05, 3.63) is 69.9 Å². The third-order valence-corrected chi connectivity index (χ3v) is 7.11. The Labute approximate surface area is 196 Å². The van der Waals surface area contributed by atoms with E-state index in [4.69, 9.17) is 5.11 Å². The molecule has 1 aliphatic rings. The van der Waals surface area contributed by atoms with Crippen molar-refractivity contribution in [3.8, 4) is 0 Å². The molecule has 0 unspecified atom stereocenters. The number of benzene rings is 1. The lowest BCUT2D eigenvalue weighted by atomic mass is 9.95. The van der Waals surface area contributed by atoms with E-state index in [1.54, 1.807) is 6.07 Å². The third kappa shape index (κ3) is 6.71. The Kier molecular flexibility index (Phi) is 8.37. The van der Waals surface area contributed by atoms with Gasteiger partial charge in [0, 0.05) is 17.8 Å². The third-order valence-electron chi connectivity index (χ3n) is 5.98. The number of rotatable bonds is 11. The predicted octanol–water partition coefficient (Wildman–Crippen LogP) is 4.80. The first-order valence-electron chi connectivity index (χ1n) is 11.1. The molecule has 0 radical (unpaired) electrons. The molecule has 0 saturated carbocycles. The molecule has 5 nitrogen and oxygen atoms in total. The first-order valence-corrected chi connectivity index (χ1v) is 11.9. The standard InChI is InChI=1S/C25H29F2NO4S/c1-17(9-10-18-6-3-2-4-7-18)21(29)13-11-19-16-25(26,27)24(32)28(19)15-5-8-20-12-14-22(33-20)23(30)31/h2-4,6-7,11-14,17,19,21,29H,5,8-10,15-16H2,1H3,(H,30,31)/b13-11+/t17-,19-,21+/m0/s1. The zero-order valence-corrected chi connectivity index (χ0v) is 19.3. The van der Waals surface area contributed by atoms with Gasteiger partial charge in [0.05, 0.1) is 12.1 Å². The van der Waals surface area contributed by atoms with Gasteiger partial charge in [-0.3, -0.25) is 4.79 Å². The molecule has 1 aromatic carbocycles. The second kappa shape index (κ2) is 11.0. The van der Waals surface area contributed by atoms with Gasteiger partial charge in [-0.05, 0) is 49.3 Å². The fourth-order valence-electron chi connectivity index (χ4n) is 3.95. The van der Waals surface area contributed by atoms with E-state index < -0.39 is 36.4 Å². The number of carboxylic acid groups (broad SMARTS) is 1. The number of nitrogens with zero attached hydrogens (tertiary/aromatic N) is 1. The molecule has 1 saturated heterocycles. The Morgan fingerprint density at radius 1 is 1.24 bits per heavy atom. The van der Waals surface area contributed by atoms with E-state index in [0.717, 1.165) is 29.1 Å². The molecule has 8 heteroatoms. The molecular formula is C25H29F2NO4S. The number of thiophene rings is 1. The zero-order valence-electron chi connectivity index (χ0n) is 18.5. The highest BCUT2D eigenvalue weighted by molar-refractivity contribution is 7.13. The zero-order chi connectivity index (χ0) is 24.0. The van der Waals surface area contributed by atoms with E-state index in [1.165, 1.54) is 28.7 Å². The highest BCUT2D eigenvalue weighted by atomic mass is 32.1. The number of carbonyl (C=O) groups is 2. The van der Waals surface area contributed by atoms with Crippen molar-refractivity contribution in [2.24, 2.45) is 5.92 Å². The summed E-state index contributed by atoms with van der Waals surface area (Å²) in [5.74, 6) is -5.67. The van der Waals surface area contributed by atoms with Gasteiger partial charge in [-0.1, -0.05) is 49.4 Å². The molecule has 3 rings (SSSR count). The molecule has 1 fully saturated rings. The maximum atomic E-state index is 14.1. The van der Waals surface area contributed by atoms with Crippen molar-refractivity contribution in [1.29, 1.82) is 0 Å². The molecule has 2 heterocycles. The van der Waals surface area contributed by atoms with Crippen LogP contribution in [0.15, 0.2) is 54.6 Å². The highest BCUT2D eigenvalue weighted by Crippen LogP contribution is 2.34. The molecule has 0 spiro atoms. The van der Waals surface area contributed by atoms with Gasteiger partial charge in [0.25, 0.3) is 5.91 Å². The molecule has 1 amide bonds. The van der Waals surface area contributed by atoms with Crippen LogP contribution in [-0.4, -0.2) is 51.6 Å². The molecule has 33 heavy (non-hydrogen) atoms. The Balaban J connectivity index is 1.55. The molecule has 0 aliphatic carbocycles. The Morgan fingerprint density at radius 3 is 2.64 bits per heavy atom. The van der Waals surface area contributed by atoms with Crippen LogP contribution in [0.1, 0.15) is 46.3 Å². The van der Waals surface area contributed by atoms with Crippen molar-refractivity contribution in [3.63, 3.8) is 0 Å². The van der Waals surface area contributed by atoms with Crippen molar-refractivity contribution in [2.75, 3.05) is 6.54 Å². The number of halogens is 2. The van der Waals surface area contributed by atoms with Crippen LogP contribution in [0.5, 0.6) is 0 Å². The van der Waals surface area contributed by atoms with Crippen LogP contribution >= 0.6 is 11.3 Å². The van der Waals surface area contributed by atoms with Crippen molar-refractivity contribution < 1.29 is 28.6 Å². The number of aliphatic hydroxyl groups is 1. The number of carboxylic acids is 1. The van der Waals surface area contributed by atoms with E-state index in [-0.39, 0.29) is 17.3 Å². The monoisotopic (exact) mass is 477 g/mol. The van der Waals surface area contributed by atoms with Gasteiger partial charge in [-0.2, -0.15) is 8.78 Å². The summed E-state index contributed by atoms with van der Waals surface area (Å²) >= 11 is 1.15. The van der Waals surface area contributed by atoms with E-state index in [9.17, 15) is 23.5 Å². The maximum Gasteiger partial charge on any atom is 0.345 e. The summed E-state index contributed by atoms with van der Waals surface area (Å²) < 4.78 is 28.2. The minimum atomic E-state index is -3.42. The van der Waals surface area contributed by atoms with Crippen LogP contribution in [0.4, 0.5) is 8.78 Å². The van der Waals surface area contributed by atoms with Gasteiger partial charge in [0.2, 0.25) is 0 Å². The van der Waals surface area contributed by atoms with E-state index in [1.807, 2.05) is 37.3 Å². The van der Waals surface area contributed by atoms with Crippen LogP contribution in [0.2, 0.25) is 0 Å². The van der Waals surface area contributed by atoms with Crippen LogP contribution in [0.3, 0.4) is 0 Å². The number of hydrogen-bond acceptors (Lipinski definition) is 4. The maximum absolute atomic E-state index is 14.1. The number of aromatic carboxylic acids is 1. The molecular weight excluding hydrogens is 448 g/mol. The lowest BCUT2D eigenvalue weighted by Crippen LogP contribution is -2.36. The normalized spacial score (nSPS) is 19.8. The number of aryl methyl sites for hydroxylation is 2. The average molecular weight is 478 g/mol. The molecule has 1 aromatic heterocycles. The Morgan fingerprint density at radius 2 is 1.97 bits per heavy atom. The number of carbonyl (C=O) groups excluding carboxylic acids is 1. The SMILES string of the molecule is C[C@@H](CCc1ccccc1)[C@H](O)/C=C/[C@H]1CC(F)(F)C(=O)N1CCCc1ccc(C(=O)O)s1. The number of likely N-dealkylation sites (tertiary alicyclic amines) is 1. The van der Waals surface area contributed by atoms with Crippen LogP contribution in [0.25, 0.3) is 0 Å². The van der Waals surface area contributed by atoms with Crippen LogP contribution < -0.4 is 0 Å². The minimum Gasteiger partial charge on any atom is -0.477 e. The van der Waals surface area contributed by atoms with Gasteiger partial charge in [-0.25, -0.2) is 4.79 Å². The van der Waals surface area contributed by atoms with Crippen molar-refractivity contribution >= 4 is 23.2 Å². The van der Waals surface area contributed by atoms with Gasteiger partial charge < -0.3 is 15.1 Å². The first-order chi connectivity index (χ1) is 15.7. The fourth-order valence-corrected chi connectivity index (χ4v) is 4.84. The number of aliphatic hydroxyl groups excluding tert-OH is 1. The molecule has 2 aromatic rings. The number of amides is 1. The quantitative estimate of drug-likeness (QED) is 0.456. The van der Waals surface area contributed by atoms with E-state index in [2.05, 4.69) is 0 Å². The molecule has 3 atom stereocenters. The second-order valence-corrected chi connectivity index (χ2v) is 9.69. The summed E-state index contributed by atoms with van der Waals surface area (Å²) in [6.45, 7) is 2.06. The van der Waals surface area contributed by atoms with E-state index >= 15 is 0 Å². The van der Waals surface area contributed by atoms with Gasteiger partial charge >= 0.3 is 11.9 Å². The van der Waals surface area contributed by atoms with Gasteiger partial charge in [0.1, 0.15) is 4.88 Å². The highest BCUT2D eigenvalue weighted by Gasteiger charge is 2.52. The molecule has 1 aliphatic heterocycles. The minimum absolute atomic E-state index is 0.0604. The molecule has 0 bridgehead atoms. The van der Waals surface area contributed by atoms with Crippen molar-refractivity contribution in [2.45, 2.75) is 57.1 Å². The predicted molar refractivity (Wildman–Crippen MR) is 124 cm³/mol. The van der Waals surface area contributed by atoms with Crippen LogP contribution in [-0.2, 0) is 17.6 Å². The van der Waals surface area contributed by atoms with E-state index in [0.29, 0.717) is 12.8 Å². The molecule has 178 valence electrons. The largest absolute Gasteiger partial charge is 0.477 e. The fraction of sp³-hybridized carbons (Fsp3) is 0.440.